The molecule has 0 saturated carbocycles. The molecule has 1 atom stereocenters. The summed E-state index contributed by atoms with van der Waals surface area (Å²) in [5.74, 6) is -0.644. The average Bonchev–Trinajstić information content (AvgIpc) is 2.94. The van der Waals surface area contributed by atoms with E-state index in [0.717, 1.165) is 17.7 Å². The molecule has 4 rings (SSSR count). The van der Waals surface area contributed by atoms with Gasteiger partial charge in [0.15, 0.2) is 0 Å². The fourth-order valence-corrected chi connectivity index (χ4v) is 3.40. The quantitative estimate of drug-likeness (QED) is 0.754. The Labute approximate surface area is 155 Å². The van der Waals surface area contributed by atoms with Gasteiger partial charge in [-0.1, -0.05) is 12.1 Å². The third-order valence-corrected chi connectivity index (χ3v) is 4.74. The number of imide groups is 1. The summed E-state index contributed by atoms with van der Waals surface area (Å²) in [4.78, 5) is 48.1. The van der Waals surface area contributed by atoms with E-state index in [9.17, 15) is 14.4 Å². The summed E-state index contributed by atoms with van der Waals surface area (Å²) in [6.07, 6.45) is 4.41. The monoisotopic (exact) mass is 366 g/mol. The normalized spacial score (nSPS) is 19.2. The zero-order chi connectivity index (χ0) is 18.8. The largest absolute Gasteiger partial charge is 0.472 e. The van der Waals surface area contributed by atoms with E-state index in [1.165, 1.54) is 6.33 Å². The first kappa shape index (κ1) is 17.1. The van der Waals surface area contributed by atoms with E-state index >= 15 is 0 Å². The molecule has 3 amide bonds. The Bertz CT molecular complexity index is 851. The SMILES string of the molecule is O=C(CN1C(=O)c2ccccc2C1=O)N1CCCC(Oc2ccncn2)C1. The first-order chi connectivity index (χ1) is 13.1. The maximum Gasteiger partial charge on any atom is 0.262 e. The van der Waals surface area contributed by atoms with Crippen LogP contribution in [-0.4, -0.2) is 63.2 Å². The van der Waals surface area contributed by atoms with E-state index in [4.69, 9.17) is 4.74 Å². The summed E-state index contributed by atoms with van der Waals surface area (Å²) < 4.78 is 5.81. The minimum atomic E-state index is -0.422. The van der Waals surface area contributed by atoms with Crippen molar-refractivity contribution in [1.29, 1.82) is 0 Å². The lowest BCUT2D eigenvalue weighted by Crippen LogP contribution is -2.49. The van der Waals surface area contributed by atoms with Crippen molar-refractivity contribution < 1.29 is 19.1 Å². The summed E-state index contributed by atoms with van der Waals surface area (Å²) >= 11 is 0. The fourth-order valence-electron chi connectivity index (χ4n) is 3.40. The summed E-state index contributed by atoms with van der Waals surface area (Å²) in [5, 5.41) is 0. The van der Waals surface area contributed by atoms with Gasteiger partial charge in [0.2, 0.25) is 11.8 Å². The molecule has 3 heterocycles. The van der Waals surface area contributed by atoms with Crippen LogP contribution in [0.3, 0.4) is 0 Å². The number of benzene rings is 1. The highest BCUT2D eigenvalue weighted by Gasteiger charge is 2.37. The van der Waals surface area contributed by atoms with Crippen molar-refractivity contribution in [3.63, 3.8) is 0 Å². The number of likely N-dealkylation sites (tertiary alicyclic amines) is 1. The number of rotatable bonds is 4. The highest BCUT2D eigenvalue weighted by molar-refractivity contribution is 6.22. The molecule has 0 radical (unpaired) electrons. The van der Waals surface area contributed by atoms with Crippen LogP contribution in [-0.2, 0) is 4.79 Å². The highest BCUT2D eigenvalue weighted by atomic mass is 16.5. The molecule has 0 aliphatic carbocycles. The van der Waals surface area contributed by atoms with Gasteiger partial charge in [0.1, 0.15) is 19.0 Å². The van der Waals surface area contributed by atoms with Gasteiger partial charge in [0.25, 0.3) is 11.8 Å². The van der Waals surface area contributed by atoms with Gasteiger partial charge in [0, 0.05) is 18.8 Å². The molecule has 1 aromatic carbocycles. The molecular formula is C19H18N4O4. The fraction of sp³-hybridized carbons (Fsp3) is 0.316. The van der Waals surface area contributed by atoms with Gasteiger partial charge in [-0.3, -0.25) is 19.3 Å². The molecule has 0 spiro atoms. The Morgan fingerprint density at radius 3 is 2.56 bits per heavy atom. The first-order valence-electron chi connectivity index (χ1n) is 8.79. The minimum Gasteiger partial charge on any atom is -0.472 e. The second kappa shape index (κ2) is 7.14. The van der Waals surface area contributed by atoms with Crippen LogP contribution in [0.15, 0.2) is 42.9 Å². The third kappa shape index (κ3) is 3.38. The van der Waals surface area contributed by atoms with Gasteiger partial charge >= 0.3 is 0 Å². The molecule has 8 heteroatoms. The predicted octanol–water partition coefficient (Wildman–Crippen LogP) is 1.14. The number of carbonyl (C=O) groups excluding carboxylic acids is 3. The molecule has 138 valence electrons. The van der Waals surface area contributed by atoms with Gasteiger partial charge < -0.3 is 9.64 Å². The number of carbonyl (C=O) groups is 3. The Hall–Kier alpha value is -3.29. The molecule has 1 unspecified atom stereocenters. The van der Waals surface area contributed by atoms with Crippen LogP contribution < -0.4 is 4.74 Å². The first-order valence-corrected chi connectivity index (χ1v) is 8.79. The molecule has 1 saturated heterocycles. The zero-order valence-corrected chi connectivity index (χ0v) is 14.6. The maximum atomic E-state index is 12.7. The molecule has 2 aliphatic rings. The number of hydrogen-bond acceptors (Lipinski definition) is 6. The summed E-state index contributed by atoms with van der Waals surface area (Å²) in [6.45, 7) is 0.713. The van der Waals surface area contributed by atoms with Crippen molar-refractivity contribution in [2.75, 3.05) is 19.6 Å². The van der Waals surface area contributed by atoms with Crippen LogP contribution in [0.25, 0.3) is 0 Å². The van der Waals surface area contributed by atoms with Crippen LogP contribution in [0, 0.1) is 0 Å². The molecule has 0 N–H and O–H groups in total. The highest BCUT2D eigenvalue weighted by Crippen LogP contribution is 2.23. The molecule has 27 heavy (non-hydrogen) atoms. The lowest BCUT2D eigenvalue weighted by atomic mass is 10.1. The van der Waals surface area contributed by atoms with Gasteiger partial charge in [-0.2, -0.15) is 0 Å². The van der Waals surface area contributed by atoms with E-state index in [0.29, 0.717) is 30.1 Å². The number of aromatic nitrogens is 2. The smallest absolute Gasteiger partial charge is 0.262 e. The minimum absolute atomic E-state index is 0.181. The van der Waals surface area contributed by atoms with Crippen molar-refractivity contribution in [3.8, 4) is 5.88 Å². The lowest BCUT2D eigenvalue weighted by Gasteiger charge is -2.33. The van der Waals surface area contributed by atoms with Crippen molar-refractivity contribution in [2.45, 2.75) is 18.9 Å². The number of nitrogens with zero attached hydrogens (tertiary/aromatic N) is 4. The number of ether oxygens (including phenoxy) is 1. The molecule has 1 aromatic heterocycles. The van der Waals surface area contributed by atoms with E-state index in [1.807, 2.05) is 0 Å². The summed E-state index contributed by atoms with van der Waals surface area (Å²) in [7, 11) is 0. The molecule has 2 aliphatic heterocycles. The van der Waals surface area contributed by atoms with Crippen molar-refractivity contribution in [3.05, 3.63) is 54.0 Å². The van der Waals surface area contributed by atoms with Crippen LogP contribution in [0.5, 0.6) is 5.88 Å². The van der Waals surface area contributed by atoms with Gasteiger partial charge in [0.05, 0.1) is 17.7 Å². The molecule has 8 nitrogen and oxygen atoms in total. The lowest BCUT2D eigenvalue weighted by molar-refractivity contribution is -0.134. The molecule has 2 aromatic rings. The summed E-state index contributed by atoms with van der Waals surface area (Å²) in [5.41, 5.74) is 0.692. The zero-order valence-electron chi connectivity index (χ0n) is 14.6. The summed E-state index contributed by atoms with van der Waals surface area (Å²) in [6, 6.07) is 8.28. The standard InChI is InChI=1S/C19H18N4O4/c24-17(11-23-18(25)14-5-1-2-6-15(14)19(23)26)22-9-3-4-13(10-22)27-16-7-8-20-12-21-16/h1-2,5-8,12-13H,3-4,9-11H2. The van der Waals surface area contributed by atoms with Gasteiger partial charge in [-0.15, -0.1) is 0 Å². The van der Waals surface area contributed by atoms with Crippen LogP contribution in [0.1, 0.15) is 33.6 Å². The topological polar surface area (TPSA) is 92.7 Å². The number of amides is 3. The average molecular weight is 366 g/mol. The Balaban J connectivity index is 1.40. The van der Waals surface area contributed by atoms with E-state index in [1.54, 1.807) is 41.4 Å². The van der Waals surface area contributed by atoms with Crippen molar-refractivity contribution in [1.82, 2.24) is 19.8 Å². The second-order valence-corrected chi connectivity index (χ2v) is 6.51. The molecule has 1 fully saturated rings. The van der Waals surface area contributed by atoms with Gasteiger partial charge in [-0.25, -0.2) is 9.97 Å². The molecule has 0 bridgehead atoms. The second-order valence-electron chi connectivity index (χ2n) is 6.51. The number of hydrogen-bond donors (Lipinski definition) is 0. The Morgan fingerprint density at radius 1 is 1.15 bits per heavy atom. The van der Waals surface area contributed by atoms with Crippen LogP contribution in [0.2, 0.25) is 0 Å². The van der Waals surface area contributed by atoms with E-state index in [-0.39, 0.29) is 18.6 Å². The Morgan fingerprint density at radius 2 is 1.89 bits per heavy atom. The Kier molecular flexibility index (Phi) is 4.53. The van der Waals surface area contributed by atoms with Crippen molar-refractivity contribution >= 4 is 17.7 Å². The van der Waals surface area contributed by atoms with Crippen LogP contribution in [0.4, 0.5) is 0 Å². The predicted molar refractivity (Wildman–Crippen MR) is 94.1 cm³/mol. The third-order valence-electron chi connectivity index (χ3n) is 4.74. The molecular weight excluding hydrogens is 348 g/mol. The van der Waals surface area contributed by atoms with Crippen molar-refractivity contribution in [2.24, 2.45) is 0 Å². The van der Waals surface area contributed by atoms with E-state index in [2.05, 4.69) is 9.97 Å². The number of fused-ring (bicyclic) bond motifs is 1. The van der Waals surface area contributed by atoms with E-state index < -0.39 is 11.8 Å². The number of piperidine rings is 1. The maximum absolute atomic E-state index is 12.7. The van der Waals surface area contributed by atoms with Crippen LogP contribution >= 0.6 is 0 Å². The van der Waals surface area contributed by atoms with Gasteiger partial charge in [-0.05, 0) is 25.0 Å².